The minimum Gasteiger partial charge on any atom is -0.491 e. The number of carbonyl (C=O) groups is 4. The third-order valence-electron chi connectivity index (χ3n) is 5.29. The fraction of sp³-hybridized carbons (Fsp3) is 0.583. The average molecular weight is 477 g/mol. The van der Waals surface area contributed by atoms with Crippen LogP contribution in [0.15, 0.2) is 24.3 Å². The van der Waals surface area contributed by atoms with Gasteiger partial charge in [0, 0.05) is 20.2 Å². The van der Waals surface area contributed by atoms with Crippen LogP contribution in [0.4, 0.5) is 0 Å². The molecule has 10 nitrogen and oxygen atoms in total. The van der Waals surface area contributed by atoms with Gasteiger partial charge in [-0.15, -0.1) is 0 Å². The van der Waals surface area contributed by atoms with E-state index in [4.69, 9.17) is 9.47 Å². The van der Waals surface area contributed by atoms with Crippen molar-refractivity contribution in [2.75, 3.05) is 40.0 Å². The van der Waals surface area contributed by atoms with Crippen LogP contribution < -0.4 is 20.7 Å². The second-order valence-electron chi connectivity index (χ2n) is 8.57. The Labute approximate surface area is 200 Å². The number of benzene rings is 1. The van der Waals surface area contributed by atoms with Crippen LogP contribution in [-0.2, 0) is 19.1 Å². The molecule has 188 valence electrons. The molecule has 0 spiro atoms. The smallest absolute Gasteiger partial charge is 0.255 e. The number of hydrogen-bond donors (Lipinski definition) is 3. The first kappa shape index (κ1) is 27.1. The Kier molecular flexibility index (Phi) is 10.8. The van der Waals surface area contributed by atoms with Crippen molar-refractivity contribution in [3.8, 4) is 5.75 Å². The number of rotatable bonds is 7. The van der Waals surface area contributed by atoms with Crippen molar-refractivity contribution in [1.82, 2.24) is 20.9 Å². The van der Waals surface area contributed by atoms with Gasteiger partial charge in [-0.05, 0) is 31.4 Å². The Balaban J connectivity index is 2.31. The molecule has 4 amide bonds. The van der Waals surface area contributed by atoms with E-state index in [0.29, 0.717) is 25.4 Å². The predicted molar refractivity (Wildman–Crippen MR) is 126 cm³/mol. The summed E-state index contributed by atoms with van der Waals surface area (Å²) in [5, 5.41) is 8.08. The predicted octanol–water partition coefficient (Wildman–Crippen LogP) is 0.710. The van der Waals surface area contributed by atoms with Gasteiger partial charge in [-0.3, -0.25) is 19.2 Å². The molecule has 0 aliphatic carbocycles. The Morgan fingerprint density at radius 3 is 2.68 bits per heavy atom. The topological polar surface area (TPSA) is 126 Å². The van der Waals surface area contributed by atoms with E-state index in [1.54, 1.807) is 31.3 Å². The molecule has 1 aliphatic rings. The molecule has 1 heterocycles. The third-order valence-corrected chi connectivity index (χ3v) is 5.29. The minimum absolute atomic E-state index is 0.155. The van der Waals surface area contributed by atoms with E-state index in [0.717, 1.165) is 0 Å². The summed E-state index contributed by atoms with van der Waals surface area (Å²) in [6.45, 7) is 7.26. The van der Waals surface area contributed by atoms with Crippen molar-refractivity contribution >= 4 is 23.6 Å². The Morgan fingerprint density at radius 2 is 1.97 bits per heavy atom. The number of nitrogens with one attached hydrogen (secondary N) is 3. The molecule has 1 aromatic rings. The molecule has 0 saturated carbocycles. The molecule has 0 aromatic heterocycles. The van der Waals surface area contributed by atoms with Gasteiger partial charge in [-0.2, -0.15) is 0 Å². The zero-order valence-electron chi connectivity index (χ0n) is 20.4. The molecule has 1 aromatic carbocycles. The summed E-state index contributed by atoms with van der Waals surface area (Å²) in [6, 6.07) is 4.75. The number of hydrogen-bond acceptors (Lipinski definition) is 6. The van der Waals surface area contributed by atoms with E-state index in [-0.39, 0.29) is 43.5 Å². The molecule has 2 atom stereocenters. The van der Waals surface area contributed by atoms with Crippen molar-refractivity contribution in [1.29, 1.82) is 0 Å². The van der Waals surface area contributed by atoms with Crippen molar-refractivity contribution in [2.24, 2.45) is 5.92 Å². The number of para-hydroxylation sites is 1. The summed E-state index contributed by atoms with van der Waals surface area (Å²) in [6.07, 6.45) is 0.122. The third kappa shape index (κ3) is 8.33. The maximum Gasteiger partial charge on any atom is 0.255 e. The van der Waals surface area contributed by atoms with Gasteiger partial charge < -0.3 is 30.3 Å². The van der Waals surface area contributed by atoms with E-state index >= 15 is 0 Å². The van der Waals surface area contributed by atoms with Crippen molar-refractivity contribution in [3.05, 3.63) is 29.8 Å². The van der Waals surface area contributed by atoms with Gasteiger partial charge in [0.05, 0.1) is 25.1 Å². The SMILES string of the molecule is CCOCCNC(=O)[C@@H]1CC(=O)N[C@@H](CC(C)C)C(=O)N(C)CCOc2ccccc2C(=O)N1. The minimum atomic E-state index is -1.14. The first-order chi connectivity index (χ1) is 16.2. The number of ether oxygens (including phenoxy) is 2. The van der Waals surface area contributed by atoms with Crippen LogP contribution >= 0.6 is 0 Å². The zero-order valence-corrected chi connectivity index (χ0v) is 20.4. The molecule has 34 heavy (non-hydrogen) atoms. The fourth-order valence-corrected chi connectivity index (χ4v) is 3.54. The summed E-state index contributed by atoms with van der Waals surface area (Å²) in [5.74, 6) is -1.30. The van der Waals surface area contributed by atoms with Gasteiger partial charge in [-0.1, -0.05) is 26.0 Å². The molecule has 0 bridgehead atoms. The molecule has 10 heteroatoms. The highest BCUT2D eigenvalue weighted by Crippen LogP contribution is 2.19. The van der Waals surface area contributed by atoms with Gasteiger partial charge in [0.25, 0.3) is 5.91 Å². The fourth-order valence-electron chi connectivity index (χ4n) is 3.54. The van der Waals surface area contributed by atoms with Gasteiger partial charge in [0.2, 0.25) is 17.7 Å². The summed E-state index contributed by atoms with van der Waals surface area (Å²) < 4.78 is 11.0. The van der Waals surface area contributed by atoms with Gasteiger partial charge in [0.15, 0.2) is 0 Å². The standard InChI is InChI=1S/C24H36N4O6/c1-5-33-12-10-25-23(31)18-15-21(29)26-19(14-16(2)3)24(32)28(4)11-13-34-20-9-7-6-8-17(20)22(30)27-18/h6-9,16,18-19H,5,10-15H2,1-4H3,(H,25,31)(H,26,29)(H,27,30)/t18-,19-/m0/s1. The molecule has 0 fully saturated rings. The number of fused-ring (bicyclic) bond motifs is 1. The normalized spacial score (nSPS) is 20.0. The van der Waals surface area contributed by atoms with Crippen LogP contribution in [0.1, 0.15) is 44.0 Å². The highest BCUT2D eigenvalue weighted by molar-refractivity contribution is 6.01. The van der Waals surface area contributed by atoms with E-state index in [1.807, 2.05) is 20.8 Å². The number of likely N-dealkylation sites (N-methyl/N-ethyl adjacent to an activating group) is 1. The molecular formula is C24H36N4O6. The number of nitrogens with zero attached hydrogens (tertiary/aromatic N) is 1. The van der Waals surface area contributed by atoms with E-state index in [2.05, 4.69) is 16.0 Å². The molecule has 0 saturated heterocycles. The highest BCUT2D eigenvalue weighted by Gasteiger charge is 2.30. The van der Waals surface area contributed by atoms with Crippen LogP contribution in [0.25, 0.3) is 0 Å². The molecule has 1 aliphatic heterocycles. The Morgan fingerprint density at radius 1 is 1.24 bits per heavy atom. The van der Waals surface area contributed by atoms with Gasteiger partial charge in [-0.25, -0.2) is 0 Å². The molecule has 0 unspecified atom stereocenters. The summed E-state index contributed by atoms with van der Waals surface area (Å²) in [5.41, 5.74) is 0.235. The monoisotopic (exact) mass is 476 g/mol. The first-order valence-corrected chi connectivity index (χ1v) is 11.6. The second-order valence-corrected chi connectivity index (χ2v) is 8.57. The average Bonchev–Trinajstić information content (AvgIpc) is 2.79. The Hall–Kier alpha value is -3.14. The van der Waals surface area contributed by atoms with E-state index < -0.39 is 29.8 Å². The number of carbonyl (C=O) groups excluding carboxylic acids is 4. The Bertz CT molecular complexity index is 860. The lowest BCUT2D eigenvalue weighted by Gasteiger charge is -2.27. The maximum atomic E-state index is 13.0. The lowest BCUT2D eigenvalue weighted by molar-refractivity contribution is -0.136. The lowest BCUT2D eigenvalue weighted by Crippen LogP contribution is -2.53. The van der Waals surface area contributed by atoms with Crippen molar-refractivity contribution < 1.29 is 28.7 Å². The number of amides is 4. The lowest BCUT2D eigenvalue weighted by atomic mass is 10.0. The van der Waals surface area contributed by atoms with Crippen LogP contribution in [0.2, 0.25) is 0 Å². The molecular weight excluding hydrogens is 440 g/mol. The van der Waals surface area contributed by atoms with Gasteiger partial charge >= 0.3 is 0 Å². The molecule has 2 rings (SSSR count). The van der Waals surface area contributed by atoms with E-state index in [1.165, 1.54) is 4.90 Å². The van der Waals surface area contributed by atoms with Crippen LogP contribution in [0, 0.1) is 5.92 Å². The van der Waals surface area contributed by atoms with Crippen molar-refractivity contribution in [2.45, 2.75) is 45.7 Å². The van der Waals surface area contributed by atoms with Crippen LogP contribution in [-0.4, -0.2) is 80.6 Å². The van der Waals surface area contributed by atoms with Crippen LogP contribution in [0.5, 0.6) is 5.75 Å². The quantitative estimate of drug-likeness (QED) is 0.498. The maximum absolute atomic E-state index is 13.0. The second kappa shape index (κ2) is 13.5. The molecule has 3 N–H and O–H groups in total. The van der Waals surface area contributed by atoms with E-state index in [9.17, 15) is 19.2 Å². The summed E-state index contributed by atoms with van der Waals surface area (Å²) >= 11 is 0. The zero-order chi connectivity index (χ0) is 25.1. The molecule has 0 radical (unpaired) electrons. The largest absolute Gasteiger partial charge is 0.491 e. The first-order valence-electron chi connectivity index (χ1n) is 11.6. The van der Waals surface area contributed by atoms with Crippen LogP contribution in [0.3, 0.4) is 0 Å². The summed E-state index contributed by atoms with van der Waals surface area (Å²) in [4.78, 5) is 53.2. The summed E-state index contributed by atoms with van der Waals surface area (Å²) in [7, 11) is 1.64. The highest BCUT2D eigenvalue weighted by atomic mass is 16.5. The van der Waals surface area contributed by atoms with Crippen molar-refractivity contribution in [3.63, 3.8) is 0 Å². The van der Waals surface area contributed by atoms with Gasteiger partial charge in [0.1, 0.15) is 24.4 Å².